The summed E-state index contributed by atoms with van der Waals surface area (Å²) in [7, 11) is 4.31. The summed E-state index contributed by atoms with van der Waals surface area (Å²) < 4.78 is 33.7. The van der Waals surface area contributed by atoms with E-state index in [-0.39, 0.29) is 11.3 Å². The van der Waals surface area contributed by atoms with E-state index in [1.54, 1.807) is 18.2 Å². The van der Waals surface area contributed by atoms with Gasteiger partial charge in [0.15, 0.2) is 6.61 Å². The molecule has 0 unspecified atom stereocenters. The van der Waals surface area contributed by atoms with Gasteiger partial charge >= 0.3 is 5.97 Å². The van der Waals surface area contributed by atoms with E-state index in [9.17, 15) is 14.0 Å². The van der Waals surface area contributed by atoms with Gasteiger partial charge in [0, 0.05) is 12.1 Å². The zero-order valence-corrected chi connectivity index (χ0v) is 14.5. The predicted octanol–water partition coefficient (Wildman–Crippen LogP) is 2.65. The Morgan fingerprint density at radius 2 is 1.62 bits per heavy atom. The predicted molar refractivity (Wildman–Crippen MR) is 91.4 cm³/mol. The van der Waals surface area contributed by atoms with Crippen molar-refractivity contribution in [1.82, 2.24) is 0 Å². The summed E-state index contributed by atoms with van der Waals surface area (Å²) in [5.74, 6) is -1.19. The number of esters is 1. The SMILES string of the molecule is COc1ccc(C(=O)OCC(=O)Nc2cc(OC)ccc2OC)c(F)c1. The number of rotatable bonds is 7. The summed E-state index contributed by atoms with van der Waals surface area (Å²) in [6.07, 6.45) is 0. The standard InChI is InChI=1S/C18H18FNO6/c1-23-11-4-6-13(14(19)8-11)18(22)26-10-17(21)20-15-9-12(24-2)5-7-16(15)25-3/h4-9H,10H2,1-3H3,(H,20,21). The molecule has 7 nitrogen and oxygen atoms in total. The van der Waals surface area contributed by atoms with Crippen LogP contribution in [-0.4, -0.2) is 39.8 Å². The second-order valence-corrected chi connectivity index (χ2v) is 5.04. The fourth-order valence-corrected chi connectivity index (χ4v) is 2.10. The van der Waals surface area contributed by atoms with E-state index >= 15 is 0 Å². The van der Waals surface area contributed by atoms with E-state index in [0.717, 1.165) is 6.07 Å². The summed E-state index contributed by atoms with van der Waals surface area (Å²) in [5.41, 5.74) is 0.0566. The van der Waals surface area contributed by atoms with Crippen molar-refractivity contribution in [2.24, 2.45) is 0 Å². The first kappa shape index (κ1) is 19.0. The van der Waals surface area contributed by atoms with Gasteiger partial charge in [-0.15, -0.1) is 0 Å². The normalized spacial score (nSPS) is 10.0. The maximum Gasteiger partial charge on any atom is 0.341 e. The van der Waals surface area contributed by atoms with Crippen molar-refractivity contribution in [2.45, 2.75) is 0 Å². The van der Waals surface area contributed by atoms with Crippen molar-refractivity contribution in [3.8, 4) is 17.2 Å². The van der Waals surface area contributed by atoms with Crippen molar-refractivity contribution in [3.05, 3.63) is 47.8 Å². The zero-order valence-electron chi connectivity index (χ0n) is 14.5. The first-order valence-corrected chi connectivity index (χ1v) is 7.51. The lowest BCUT2D eigenvalue weighted by Crippen LogP contribution is -2.21. The molecular weight excluding hydrogens is 345 g/mol. The summed E-state index contributed by atoms with van der Waals surface area (Å²) >= 11 is 0. The van der Waals surface area contributed by atoms with Crippen molar-refractivity contribution >= 4 is 17.6 Å². The topological polar surface area (TPSA) is 83.1 Å². The Balaban J connectivity index is 1.99. The summed E-state index contributed by atoms with van der Waals surface area (Å²) in [6, 6.07) is 8.54. The molecule has 2 rings (SSSR count). The molecule has 26 heavy (non-hydrogen) atoms. The summed E-state index contributed by atoms with van der Waals surface area (Å²) in [6.45, 7) is -0.593. The van der Waals surface area contributed by atoms with Crippen LogP contribution in [0.25, 0.3) is 0 Å². The van der Waals surface area contributed by atoms with Crippen LogP contribution in [0.4, 0.5) is 10.1 Å². The molecule has 0 heterocycles. The van der Waals surface area contributed by atoms with Gasteiger partial charge in [-0.3, -0.25) is 4.79 Å². The molecule has 0 bridgehead atoms. The summed E-state index contributed by atoms with van der Waals surface area (Å²) in [5, 5.41) is 2.54. The molecule has 0 saturated carbocycles. The molecule has 0 saturated heterocycles. The van der Waals surface area contributed by atoms with Crippen LogP contribution in [0.1, 0.15) is 10.4 Å². The molecule has 2 aromatic carbocycles. The monoisotopic (exact) mass is 363 g/mol. The lowest BCUT2D eigenvalue weighted by molar-refractivity contribution is -0.119. The Morgan fingerprint density at radius 3 is 2.23 bits per heavy atom. The fourth-order valence-electron chi connectivity index (χ4n) is 2.10. The Bertz CT molecular complexity index is 808. The van der Waals surface area contributed by atoms with E-state index in [4.69, 9.17) is 18.9 Å². The van der Waals surface area contributed by atoms with Gasteiger partial charge in [0.05, 0.1) is 32.6 Å². The Morgan fingerprint density at radius 1 is 0.962 bits per heavy atom. The molecule has 8 heteroatoms. The van der Waals surface area contributed by atoms with Crippen LogP contribution in [0.5, 0.6) is 17.2 Å². The van der Waals surface area contributed by atoms with Crippen LogP contribution in [0, 0.1) is 5.82 Å². The molecule has 0 aliphatic carbocycles. The first-order chi connectivity index (χ1) is 12.5. The van der Waals surface area contributed by atoms with Gasteiger partial charge in [-0.1, -0.05) is 0 Å². The first-order valence-electron chi connectivity index (χ1n) is 7.51. The average molecular weight is 363 g/mol. The number of methoxy groups -OCH3 is 3. The number of amides is 1. The van der Waals surface area contributed by atoms with Gasteiger partial charge in [0.2, 0.25) is 0 Å². The van der Waals surface area contributed by atoms with Crippen LogP contribution < -0.4 is 19.5 Å². The molecule has 0 atom stereocenters. The second kappa shape index (κ2) is 8.70. The third kappa shape index (κ3) is 4.62. The number of carbonyl (C=O) groups is 2. The Labute approximate surface area is 149 Å². The molecular formula is C18H18FNO6. The lowest BCUT2D eigenvalue weighted by atomic mass is 10.2. The quantitative estimate of drug-likeness (QED) is 0.762. The van der Waals surface area contributed by atoms with Crippen LogP contribution >= 0.6 is 0 Å². The van der Waals surface area contributed by atoms with Gasteiger partial charge in [-0.2, -0.15) is 0 Å². The molecule has 0 aliphatic rings. The van der Waals surface area contributed by atoms with Gasteiger partial charge in [0.1, 0.15) is 23.1 Å². The molecule has 0 aromatic heterocycles. The Hall–Kier alpha value is -3.29. The van der Waals surface area contributed by atoms with Crippen molar-refractivity contribution < 1.29 is 32.9 Å². The minimum Gasteiger partial charge on any atom is -0.497 e. The molecule has 1 N–H and O–H groups in total. The maximum absolute atomic E-state index is 13.8. The molecule has 1 amide bonds. The molecule has 0 aliphatic heterocycles. The lowest BCUT2D eigenvalue weighted by Gasteiger charge is -2.12. The highest BCUT2D eigenvalue weighted by molar-refractivity contribution is 5.96. The smallest absolute Gasteiger partial charge is 0.341 e. The average Bonchev–Trinajstić information content (AvgIpc) is 2.65. The third-order valence-corrected chi connectivity index (χ3v) is 3.41. The van der Waals surface area contributed by atoms with Gasteiger partial charge < -0.3 is 24.3 Å². The fraction of sp³-hybridized carbons (Fsp3) is 0.222. The van der Waals surface area contributed by atoms with Crippen molar-refractivity contribution in [3.63, 3.8) is 0 Å². The molecule has 138 valence electrons. The number of halogens is 1. The van der Waals surface area contributed by atoms with E-state index in [0.29, 0.717) is 17.2 Å². The highest BCUT2D eigenvalue weighted by Gasteiger charge is 2.16. The molecule has 0 spiro atoms. The van der Waals surface area contributed by atoms with E-state index < -0.39 is 24.3 Å². The third-order valence-electron chi connectivity index (χ3n) is 3.41. The van der Waals surface area contributed by atoms with E-state index in [1.165, 1.54) is 33.5 Å². The number of carbonyl (C=O) groups excluding carboxylic acids is 2. The summed E-state index contributed by atoms with van der Waals surface area (Å²) in [4.78, 5) is 23.9. The van der Waals surface area contributed by atoms with Crippen LogP contribution in [0.3, 0.4) is 0 Å². The number of ether oxygens (including phenoxy) is 4. The maximum atomic E-state index is 13.8. The van der Waals surface area contributed by atoms with Gasteiger partial charge in [0.25, 0.3) is 5.91 Å². The highest BCUT2D eigenvalue weighted by atomic mass is 19.1. The number of benzene rings is 2. The van der Waals surface area contributed by atoms with Gasteiger partial charge in [-0.25, -0.2) is 9.18 Å². The Kier molecular flexibility index (Phi) is 6.37. The second-order valence-electron chi connectivity index (χ2n) is 5.04. The van der Waals surface area contributed by atoms with Gasteiger partial charge in [-0.05, 0) is 24.3 Å². The zero-order chi connectivity index (χ0) is 19.1. The minimum atomic E-state index is -0.960. The van der Waals surface area contributed by atoms with E-state index in [1.807, 2.05) is 0 Å². The highest BCUT2D eigenvalue weighted by Crippen LogP contribution is 2.28. The van der Waals surface area contributed by atoms with Crippen molar-refractivity contribution in [1.29, 1.82) is 0 Å². The molecule has 0 radical (unpaired) electrons. The van der Waals surface area contributed by atoms with Crippen LogP contribution in [0.2, 0.25) is 0 Å². The number of nitrogens with one attached hydrogen (secondary N) is 1. The number of hydrogen-bond acceptors (Lipinski definition) is 6. The van der Waals surface area contributed by atoms with Crippen LogP contribution in [-0.2, 0) is 9.53 Å². The van der Waals surface area contributed by atoms with Crippen LogP contribution in [0.15, 0.2) is 36.4 Å². The molecule has 2 aromatic rings. The largest absolute Gasteiger partial charge is 0.497 e. The molecule has 0 fully saturated rings. The van der Waals surface area contributed by atoms with Crippen molar-refractivity contribution in [2.75, 3.05) is 33.3 Å². The van der Waals surface area contributed by atoms with E-state index in [2.05, 4.69) is 5.32 Å². The minimum absolute atomic E-state index is 0.266. The number of anilines is 1. The number of hydrogen-bond donors (Lipinski definition) is 1.